The predicted octanol–water partition coefficient (Wildman–Crippen LogP) is 5.38. The molecule has 1 aromatic carbocycles. The lowest BCUT2D eigenvalue weighted by Gasteiger charge is -2.34. The van der Waals surface area contributed by atoms with Gasteiger partial charge >= 0.3 is 0 Å². The van der Waals surface area contributed by atoms with Crippen LogP contribution in [0.4, 0.5) is 0 Å². The fraction of sp³-hybridized carbons (Fsp3) is 0.583. The Labute approximate surface area is 159 Å². The maximum Gasteiger partial charge on any atom is 0.0622 e. The van der Waals surface area contributed by atoms with Crippen molar-refractivity contribution >= 4 is 0 Å². The zero-order valence-electron chi connectivity index (χ0n) is 17.1. The molecule has 1 atom stereocenters. The van der Waals surface area contributed by atoms with Gasteiger partial charge in [0.05, 0.1) is 6.61 Å². The van der Waals surface area contributed by atoms with Crippen molar-refractivity contribution in [3.63, 3.8) is 0 Å². The molecule has 2 heterocycles. The number of aryl methyl sites for hydroxylation is 2. The van der Waals surface area contributed by atoms with Gasteiger partial charge in [-0.3, -0.25) is 4.90 Å². The van der Waals surface area contributed by atoms with Gasteiger partial charge in [0.2, 0.25) is 0 Å². The number of allylic oxidation sites excluding steroid dienone is 4. The number of fused-ring (bicyclic) bond motifs is 1. The summed E-state index contributed by atoms with van der Waals surface area (Å²) in [5.74, 6) is 0. The lowest BCUT2D eigenvalue weighted by Crippen LogP contribution is -2.39. The van der Waals surface area contributed by atoms with Crippen LogP contribution in [-0.2, 0) is 24.1 Å². The van der Waals surface area contributed by atoms with Gasteiger partial charge in [-0.15, -0.1) is 0 Å². The van der Waals surface area contributed by atoms with E-state index in [0.717, 1.165) is 39.0 Å². The van der Waals surface area contributed by atoms with Crippen molar-refractivity contribution in [2.24, 2.45) is 0 Å². The molecule has 3 rings (SSSR count). The third kappa shape index (κ3) is 4.47. The van der Waals surface area contributed by atoms with Crippen molar-refractivity contribution in [2.75, 3.05) is 19.8 Å². The molecule has 2 aliphatic rings. The van der Waals surface area contributed by atoms with Crippen LogP contribution in [0, 0.1) is 6.92 Å². The average molecular weight is 354 g/mol. The van der Waals surface area contributed by atoms with Crippen LogP contribution in [0.25, 0.3) is 0 Å². The molecule has 2 heteroatoms. The molecule has 0 aromatic heterocycles. The van der Waals surface area contributed by atoms with Crippen LogP contribution in [0.2, 0.25) is 0 Å². The quantitative estimate of drug-likeness (QED) is 0.637. The maximum absolute atomic E-state index is 5.60. The topological polar surface area (TPSA) is 12.5 Å². The Hall–Kier alpha value is -1.38. The lowest BCUT2D eigenvalue weighted by molar-refractivity contribution is 0.134. The molecule has 2 aliphatic heterocycles. The van der Waals surface area contributed by atoms with Crippen molar-refractivity contribution < 1.29 is 4.74 Å². The van der Waals surface area contributed by atoms with Gasteiger partial charge in [0.25, 0.3) is 0 Å². The number of hydrogen-bond acceptors (Lipinski definition) is 2. The molecule has 0 spiro atoms. The summed E-state index contributed by atoms with van der Waals surface area (Å²) in [7, 11) is 0. The number of hydrogen-bond donors (Lipinski definition) is 0. The normalized spacial score (nSPS) is 21.9. The minimum Gasteiger partial charge on any atom is -0.380 e. The molecule has 0 saturated carbocycles. The third-order valence-electron chi connectivity index (χ3n) is 6.21. The zero-order chi connectivity index (χ0) is 18.5. The number of rotatable bonds is 6. The van der Waals surface area contributed by atoms with Gasteiger partial charge in [-0.2, -0.15) is 0 Å². The van der Waals surface area contributed by atoms with Crippen LogP contribution in [0.3, 0.4) is 0 Å². The van der Waals surface area contributed by atoms with E-state index in [2.05, 4.69) is 56.9 Å². The first kappa shape index (κ1) is 19.4. The van der Waals surface area contributed by atoms with Crippen molar-refractivity contribution in [3.05, 3.63) is 57.7 Å². The van der Waals surface area contributed by atoms with Gasteiger partial charge in [0.1, 0.15) is 0 Å². The molecule has 1 fully saturated rings. The molecule has 142 valence electrons. The van der Waals surface area contributed by atoms with Crippen LogP contribution >= 0.6 is 0 Å². The monoisotopic (exact) mass is 353 g/mol. The van der Waals surface area contributed by atoms with Crippen LogP contribution in [0.15, 0.2) is 35.4 Å². The highest BCUT2D eigenvalue weighted by molar-refractivity contribution is 5.41. The smallest absolute Gasteiger partial charge is 0.0622 e. The molecular formula is C24H35NO. The number of nitrogens with zero attached hydrogens (tertiary/aromatic N) is 1. The SMILES string of the molecule is C/C=C\C(CCc1cc(C)c2c(c1)CCN(C1CCOC1)C2)=C(\C)CC. The predicted molar refractivity (Wildman–Crippen MR) is 111 cm³/mol. The Morgan fingerprint density at radius 2 is 2.19 bits per heavy atom. The number of benzene rings is 1. The Morgan fingerprint density at radius 1 is 1.35 bits per heavy atom. The third-order valence-corrected chi connectivity index (χ3v) is 6.21. The molecule has 1 saturated heterocycles. The van der Waals surface area contributed by atoms with E-state index in [1.54, 1.807) is 11.1 Å². The van der Waals surface area contributed by atoms with Crippen LogP contribution < -0.4 is 0 Å². The first-order chi connectivity index (χ1) is 12.6. The van der Waals surface area contributed by atoms with Gasteiger partial charge in [0, 0.05) is 25.7 Å². The molecule has 0 amide bonds. The average Bonchev–Trinajstić information content (AvgIpc) is 3.19. The van der Waals surface area contributed by atoms with Crippen molar-refractivity contribution in [2.45, 2.75) is 72.4 Å². The van der Waals surface area contributed by atoms with Crippen LogP contribution in [0.1, 0.15) is 62.3 Å². The number of ether oxygens (including phenoxy) is 1. The van der Waals surface area contributed by atoms with Gasteiger partial charge < -0.3 is 4.74 Å². The first-order valence-electron chi connectivity index (χ1n) is 10.4. The van der Waals surface area contributed by atoms with Crippen molar-refractivity contribution in [1.29, 1.82) is 0 Å². The molecule has 1 aromatic rings. The summed E-state index contributed by atoms with van der Waals surface area (Å²) >= 11 is 0. The van der Waals surface area contributed by atoms with Gasteiger partial charge in [-0.25, -0.2) is 0 Å². The van der Waals surface area contributed by atoms with Gasteiger partial charge in [0.15, 0.2) is 0 Å². The van der Waals surface area contributed by atoms with E-state index in [-0.39, 0.29) is 0 Å². The fourth-order valence-electron chi connectivity index (χ4n) is 4.38. The first-order valence-corrected chi connectivity index (χ1v) is 10.4. The molecule has 1 unspecified atom stereocenters. The summed E-state index contributed by atoms with van der Waals surface area (Å²) in [4.78, 5) is 2.64. The van der Waals surface area contributed by atoms with Crippen LogP contribution in [0.5, 0.6) is 0 Å². The van der Waals surface area contributed by atoms with Crippen LogP contribution in [-0.4, -0.2) is 30.7 Å². The van der Waals surface area contributed by atoms with Crippen molar-refractivity contribution in [1.82, 2.24) is 4.90 Å². The summed E-state index contributed by atoms with van der Waals surface area (Å²) < 4.78 is 5.60. The summed E-state index contributed by atoms with van der Waals surface area (Å²) in [5, 5.41) is 0. The largest absolute Gasteiger partial charge is 0.380 e. The molecular weight excluding hydrogens is 318 g/mol. The molecule has 0 aliphatic carbocycles. The fourth-order valence-corrected chi connectivity index (χ4v) is 4.38. The molecule has 0 N–H and O–H groups in total. The summed E-state index contributed by atoms with van der Waals surface area (Å²) in [6.07, 6.45) is 10.3. The minimum atomic E-state index is 0.632. The maximum atomic E-state index is 5.60. The van der Waals surface area contributed by atoms with E-state index < -0.39 is 0 Å². The Kier molecular flexibility index (Phi) is 6.72. The van der Waals surface area contributed by atoms with Gasteiger partial charge in [-0.1, -0.05) is 36.8 Å². The molecule has 2 nitrogen and oxygen atoms in total. The second kappa shape index (κ2) is 9.01. The minimum absolute atomic E-state index is 0.632. The Bertz CT molecular complexity index is 680. The van der Waals surface area contributed by atoms with Gasteiger partial charge in [-0.05, 0) is 80.7 Å². The second-order valence-corrected chi connectivity index (χ2v) is 7.95. The second-order valence-electron chi connectivity index (χ2n) is 7.95. The summed E-state index contributed by atoms with van der Waals surface area (Å²) in [6, 6.07) is 5.55. The van der Waals surface area contributed by atoms with Crippen molar-refractivity contribution in [3.8, 4) is 0 Å². The van der Waals surface area contributed by atoms with E-state index >= 15 is 0 Å². The highest BCUT2D eigenvalue weighted by Gasteiger charge is 2.27. The molecule has 0 bridgehead atoms. The Morgan fingerprint density at radius 3 is 2.88 bits per heavy atom. The standard InChI is InChI=1S/C24H35NO/c1-5-7-21(18(3)6-2)9-8-20-14-19(4)24-16-25(12-10-22(24)15-20)23-11-13-26-17-23/h5,7,14-15,23H,6,8-13,16-17H2,1-4H3/b7-5-,21-18+. The van der Waals surface area contributed by atoms with E-state index in [1.807, 2.05) is 0 Å². The molecule has 26 heavy (non-hydrogen) atoms. The van der Waals surface area contributed by atoms with E-state index in [1.165, 1.54) is 41.7 Å². The highest BCUT2D eigenvalue weighted by Crippen LogP contribution is 2.28. The summed E-state index contributed by atoms with van der Waals surface area (Å²) in [6.45, 7) is 13.1. The molecule has 0 radical (unpaired) electrons. The van der Waals surface area contributed by atoms with E-state index in [9.17, 15) is 0 Å². The lowest BCUT2D eigenvalue weighted by atomic mass is 9.90. The highest BCUT2D eigenvalue weighted by atomic mass is 16.5. The van der Waals surface area contributed by atoms with E-state index in [4.69, 9.17) is 4.74 Å². The van der Waals surface area contributed by atoms with E-state index in [0.29, 0.717) is 6.04 Å². The summed E-state index contributed by atoms with van der Waals surface area (Å²) in [5.41, 5.74) is 9.17. The zero-order valence-corrected chi connectivity index (χ0v) is 17.1. The Balaban J connectivity index is 1.71.